The van der Waals surface area contributed by atoms with Crippen LogP contribution >= 0.6 is 0 Å². The molecule has 0 heterocycles. The summed E-state index contributed by atoms with van der Waals surface area (Å²) in [6.07, 6.45) is 0.545. The molecule has 4 nitrogen and oxygen atoms in total. The van der Waals surface area contributed by atoms with E-state index in [9.17, 15) is 9.59 Å². The standard InChI is InChI=1S/C18H18O4/c19-17(20)12-16(18(21)22)11-8-13-6-9-15(10-7-13)14-4-2-1-3-5-14/h1-7,9-10,16H,8,11-12H2,(H,19,20)(H,21,22). The van der Waals surface area contributed by atoms with Gasteiger partial charge in [0.25, 0.3) is 0 Å². The second-order valence-corrected chi connectivity index (χ2v) is 5.23. The Hall–Kier alpha value is -2.62. The van der Waals surface area contributed by atoms with Gasteiger partial charge in [0, 0.05) is 0 Å². The van der Waals surface area contributed by atoms with E-state index in [1.165, 1.54) is 0 Å². The van der Waals surface area contributed by atoms with Crippen LogP contribution in [-0.4, -0.2) is 22.2 Å². The number of carboxylic acids is 2. The molecule has 4 heteroatoms. The average molecular weight is 298 g/mol. The van der Waals surface area contributed by atoms with Crippen molar-refractivity contribution in [3.63, 3.8) is 0 Å². The molecular formula is C18H18O4. The van der Waals surface area contributed by atoms with Crippen LogP contribution in [0.4, 0.5) is 0 Å². The molecule has 22 heavy (non-hydrogen) atoms. The summed E-state index contributed by atoms with van der Waals surface area (Å²) in [5.41, 5.74) is 3.24. The van der Waals surface area contributed by atoms with E-state index in [4.69, 9.17) is 10.2 Å². The summed E-state index contributed by atoms with van der Waals surface area (Å²) < 4.78 is 0. The van der Waals surface area contributed by atoms with Gasteiger partial charge in [0.1, 0.15) is 0 Å². The molecule has 0 fully saturated rings. The van der Waals surface area contributed by atoms with Crippen LogP contribution in [0.15, 0.2) is 54.6 Å². The molecule has 1 unspecified atom stereocenters. The first kappa shape index (κ1) is 15.8. The lowest BCUT2D eigenvalue weighted by Crippen LogP contribution is -2.18. The summed E-state index contributed by atoms with van der Waals surface area (Å²) in [5.74, 6) is -2.97. The number of benzene rings is 2. The third-order valence-corrected chi connectivity index (χ3v) is 3.61. The number of rotatable bonds is 7. The van der Waals surface area contributed by atoms with Crippen molar-refractivity contribution in [3.05, 3.63) is 60.2 Å². The third kappa shape index (κ3) is 4.45. The van der Waals surface area contributed by atoms with E-state index in [1.54, 1.807) is 0 Å². The zero-order valence-corrected chi connectivity index (χ0v) is 12.1. The molecule has 0 bridgehead atoms. The number of carbonyl (C=O) groups is 2. The molecule has 2 rings (SSSR count). The quantitative estimate of drug-likeness (QED) is 0.821. The van der Waals surface area contributed by atoms with E-state index in [0.717, 1.165) is 16.7 Å². The van der Waals surface area contributed by atoms with Crippen LogP contribution in [0, 0.1) is 5.92 Å². The monoisotopic (exact) mass is 298 g/mol. The minimum atomic E-state index is -1.08. The largest absolute Gasteiger partial charge is 0.481 e. The van der Waals surface area contributed by atoms with E-state index in [0.29, 0.717) is 12.8 Å². The minimum absolute atomic E-state index is 0.326. The van der Waals surface area contributed by atoms with Gasteiger partial charge >= 0.3 is 11.9 Å². The van der Waals surface area contributed by atoms with Gasteiger partial charge in [-0.25, -0.2) is 0 Å². The highest BCUT2D eigenvalue weighted by molar-refractivity contribution is 5.77. The van der Waals surface area contributed by atoms with Crippen molar-refractivity contribution in [3.8, 4) is 11.1 Å². The number of carboxylic acid groups (broad SMARTS) is 2. The predicted octanol–water partition coefficient (Wildman–Crippen LogP) is 3.46. The van der Waals surface area contributed by atoms with Gasteiger partial charge in [-0.3, -0.25) is 9.59 Å². The van der Waals surface area contributed by atoms with Crippen molar-refractivity contribution in [2.24, 2.45) is 5.92 Å². The van der Waals surface area contributed by atoms with Crippen LogP contribution in [0.2, 0.25) is 0 Å². The molecule has 0 aromatic heterocycles. The lowest BCUT2D eigenvalue weighted by atomic mass is 9.95. The van der Waals surface area contributed by atoms with Crippen LogP contribution in [0.5, 0.6) is 0 Å². The fraction of sp³-hybridized carbons (Fsp3) is 0.222. The first-order chi connectivity index (χ1) is 10.6. The highest BCUT2D eigenvalue weighted by Crippen LogP contribution is 2.21. The molecule has 114 valence electrons. The minimum Gasteiger partial charge on any atom is -0.481 e. The maximum atomic E-state index is 11.0. The summed E-state index contributed by atoms with van der Waals surface area (Å²) in [6, 6.07) is 17.9. The SMILES string of the molecule is O=C(O)CC(CCc1ccc(-c2ccccc2)cc1)C(=O)O. The van der Waals surface area contributed by atoms with Crippen molar-refractivity contribution < 1.29 is 19.8 Å². The molecule has 0 saturated carbocycles. The van der Waals surface area contributed by atoms with E-state index < -0.39 is 17.9 Å². The van der Waals surface area contributed by atoms with Gasteiger partial charge in [-0.15, -0.1) is 0 Å². The van der Waals surface area contributed by atoms with Crippen molar-refractivity contribution >= 4 is 11.9 Å². The molecule has 2 aromatic carbocycles. The van der Waals surface area contributed by atoms with Crippen LogP contribution < -0.4 is 0 Å². The second-order valence-electron chi connectivity index (χ2n) is 5.23. The first-order valence-corrected chi connectivity index (χ1v) is 7.15. The predicted molar refractivity (Wildman–Crippen MR) is 83.6 cm³/mol. The Balaban J connectivity index is 1.99. The molecule has 1 atom stereocenters. The first-order valence-electron chi connectivity index (χ1n) is 7.15. The summed E-state index contributed by atoms with van der Waals surface area (Å²) in [5, 5.41) is 17.8. The molecule has 0 aliphatic carbocycles. The smallest absolute Gasteiger partial charge is 0.307 e. The zero-order valence-electron chi connectivity index (χ0n) is 12.1. The Morgan fingerprint density at radius 3 is 2.00 bits per heavy atom. The van der Waals surface area contributed by atoms with Gasteiger partial charge in [-0.1, -0.05) is 54.6 Å². The fourth-order valence-electron chi connectivity index (χ4n) is 2.36. The maximum Gasteiger partial charge on any atom is 0.307 e. The molecule has 0 aliphatic heterocycles. The number of aryl methyl sites for hydroxylation is 1. The van der Waals surface area contributed by atoms with E-state index in [-0.39, 0.29) is 6.42 Å². The summed E-state index contributed by atoms with van der Waals surface area (Å²) in [7, 11) is 0. The maximum absolute atomic E-state index is 11.0. The van der Waals surface area contributed by atoms with Crippen molar-refractivity contribution in [1.82, 2.24) is 0 Å². The topological polar surface area (TPSA) is 74.6 Å². The van der Waals surface area contributed by atoms with Crippen molar-refractivity contribution in [2.45, 2.75) is 19.3 Å². The second kappa shape index (κ2) is 7.41. The van der Waals surface area contributed by atoms with Gasteiger partial charge in [0.15, 0.2) is 0 Å². The van der Waals surface area contributed by atoms with Gasteiger partial charge in [0.2, 0.25) is 0 Å². The molecule has 0 aliphatic rings. The van der Waals surface area contributed by atoms with Gasteiger partial charge < -0.3 is 10.2 Å². The van der Waals surface area contributed by atoms with Crippen molar-refractivity contribution in [2.75, 3.05) is 0 Å². The zero-order chi connectivity index (χ0) is 15.9. The Bertz CT molecular complexity index is 632. The highest BCUT2D eigenvalue weighted by atomic mass is 16.4. The molecule has 2 aromatic rings. The average Bonchev–Trinajstić information content (AvgIpc) is 2.52. The number of hydrogen-bond donors (Lipinski definition) is 2. The number of aliphatic carboxylic acids is 2. The van der Waals surface area contributed by atoms with Gasteiger partial charge in [-0.2, -0.15) is 0 Å². The van der Waals surface area contributed by atoms with E-state index in [2.05, 4.69) is 0 Å². The van der Waals surface area contributed by atoms with Crippen LogP contribution in [-0.2, 0) is 16.0 Å². The molecular weight excluding hydrogens is 280 g/mol. The molecule has 0 amide bonds. The van der Waals surface area contributed by atoms with Gasteiger partial charge in [0.05, 0.1) is 12.3 Å². The summed E-state index contributed by atoms with van der Waals surface area (Å²) in [4.78, 5) is 21.7. The molecule has 0 radical (unpaired) electrons. The summed E-state index contributed by atoms with van der Waals surface area (Å²) in [6.45, 7) is 0. The summed E-state index contributed by atoms with van der Waals surface area (Å²) >= 11 is 0. The normalized spacial score (nSPS) is 11.8. The highest BCUT2D eigenvalue weighted by Gasteiger charge is 2.20. The third-order valence-electron chi connectivity index (χ3n) is 3.61. The van der Waals surface area contributed by atoms with Crippen LogP contribution in [0.1, 0.15) is 18.4 Å². The lowest BCUT2D eigenvalue weighted by molar-refractivity contribution is -0.148. The Labute approximate surface area is 129 Å². The number of hydrogen-bond acceptors (Lipinski definition) is 2. The van der Waals surface area contributed by atoms with Crippen LogP contribution in [0.3, 0.4) is 0 Å². The fourth-order valence-corrected chi connectivity index (χ4v) is 2.36. The Morgan fingerprint density at radius 2 is 1.45 bits per heavy atom. The molecule has 0 spiro atoms. The lowest BCUT2D eigenvalue weighted by Gasteiger charge is -2.10. The van der Waals surface area contributed by atoms with Crippen molar-refractivity contribution in [1.29, 1.82) is 0 Å². The molecule has 2 N–H and O–H groups in total. The van der Waals surface area contributed by atoms with E-state index in [1.807, 2.05) is 54.6 Å². The Kier molecular flexibility index (Phi) is 5.31. The molecule has 0 saturated heterocycles. The van der Waals surface area contributed by atoms with E-state index >= 15 is 0 Å². The van der Waals surface area contributed by atoms with Gasteiger partial charge in [-0.05, 0) is 29.5 Å². The Morgan fingerprint density at radius 1 is 0.864 bits per heavy atom. The van der Waals surface area contributed by atoms with Crippen LogP contribution in [0.25, 0.3) is 11.1 Å².